The fourth-order valence-corrected chi connectivity index (χ4v) is 1.08. The van der Waals surface area contributed by atoms with Crippen molar-refractivity contribution >= 4 is 10.1 Å². The summed E-state index contributed by atoms with van der Waals surface area (Å²) in [6.07, 6.45) is 0. The number of hydrogen-bond acceptors (Lipinski definition) is 3. The van der Waals surface area contributed by atoms with Gasteiger partial charge in [-0.3, -0.25) is 0 Å². The van der Waals surface area contributed by atoms with Crippen LogP contribution in [0.4, 0.5) is 0 Å². The predicted octanol–water partition coefficient (Wildman–Crippen LogP) is -3.23. The van der Waals surface area contributed by atoms with Gasteiger partial charge in [0, 0.05) is 0 Å². The van der Waals surface area contributed by atoms with E-state index in [1.807, 2.05) is 0 Å². The zero-order valence-corrected chi connectivity index (χ0v) is 9.34. The van der Waals surface area contributed by atoms with Crippen molar-refractivity contribution in [3.8, 4) is 0 Å². The van der Waals surface area contributed by atoms with Crippen molar-refractivity contribution in [3.63, 3.8) is 0 Å². The van der Waals surface area contributed by atoms with E-state index in [9.17, 15) is 13.0 Å². The Morgan fingerprint density at radius 2 is 1.50 bits per heavy atom. The minimum atomic E-state index is -4.25. The van der Waals surface area contributed by atoms with Gasteiger partial charge in [0.25, 0.3) is 0 Å². The summed E-state index contributed by atoms with van der Waals surface area (Å²) in [7, 11) is -4.25. The van der Waals surface area contributed by atoms with E-state index < -0.39 is 10.1 Å². The van der Waals surface area contributed by atoms with Crippen LogP contribution in [0.5, 0.6) is 0 Å². The van der Waals surface area contributed by atoms with Gasteiger partial charge in [-0.1, -0.05) is 18.2 Å². The zero-order chi connectivity index (χ0) is 7.61. The molecule has 0 amide bonds. The van der Waals surface area contributed by atoms with Gasteiger partial charge < -0.3 is 10.0 Å². The van der Waals surface area contributed by atoms with Crippen LogP contribution in [0.3, 0.4) is 0 Å². The van der Waals surface area contributed by atoms with Crippen LogP contribution in [0.25, 0.3) is 0 Å². The van der Waals surface area contributed by atoms with Crippen LogP contribution in [0.2, 0.25) is 0 Å². The van der Waals surface area contributed by atoms with Crippen molar-refractivity contribution in [1.29, 1.82) is 0 Å². The molecule has 0 bridgehead atoms. The molecule has 6 heteroatoms. The molecule has 0 heterocycles. The van der Waals surface area contributed by atoms with Gasteiger partial charge in [-0.05, 0) is 12.1 Å². The van der Waals surface area contributed by atoms with Gasteiger partial charge in [-0.15, -0.1) is 0 Å². The third-order valence-corrected chi connectivity index (χ3v) is 1.88. The van der Waals surface area contributed by atoms with E-state index in [0.717, 1.165) is 0 Å². The first-order valence-electron chi connectivity index (χ1n) is 2.61. The first-order valence-corrected chi connectivity index (χ1v) is 4.02. The Bertz CT molecular complexity index is 308. The van der Waals surface area contributed by atoms with Gasteiger partial charge in [0.1, 0.15) is 10.1 Å². The van der Waals surface area contributed by atoms with Crippen LogP contribution in [-0.4, -0.2) is 18.4 Å². The van der Waals surface area contributed by atoms with Crippen LogP contribution < -0.4 is 29.6 Å². The molecule has 12 heavy (non-hydrogen) atoms. The van der Waals surface area contributed by atoms with Gasteiger partial charge >= 0.3 is 29.6 Å². The topological polar surface area (TPSA) is 88.7 Å². The summed E-state index contributed by atoms with van der Waals surface area (Å²) in [6, 6.07) is 7.19. The summed E-state index contributed by atoms with van der Waals surface area (Å²) < 4.78 is 30.8. The van der Waals surface area contributed by atoms with Crippen molar-refractivity contribution in [2.75, 3.05) is 0 Å². The van der Waals surface area contributed by atoms with E-state index in [-0.39, 0.29) is 39.9 Å². The number of hydrogen-bond donors (Lipinski definition) is 0. The molecule has 0 atom stereocenters. The largest absolute Gasteiger partial charge is 1.00 e. The van der Waals surface area contributed by atoms with E-state index in [2.05, 4.69) is 0 Å². The smallest absolute Gasteiger partial charge is 0.744 e. The fourth-order valence-electron chi connectivity index (χ4n) is 0.587. The summed E-state index contributed by atoms with van der Waals surface area (Å²) in [5.74, 6) is 0. The summed E-state index contributed by atoms with van der Waals surface area (Å²) >= 11 is 0. The van der Waals surface area contributed by atoms with E-state index in [1.165, 1.54) is 24.3 Å². The van der Waals surface area contributed by atoms with Crippen molar-refractivity contribution in [1.82, 2.24) is 0 Å². The van der Waals surface area contributed by atoms with Crippen LogP contribution in [0.1, 0.15) is 0 Å². The van der Waals surface area contributed by atoms with Crippen LogP contribution in [0.15, 0.2) is 35.2 Å². The average Bonchev–Trinajstić information content (AvgIpc) is 1.88. The second-order valence-corrected chi connectivity index (χ2v) is 3.15. The van der Waals surface area contributed by atoms with Crippen LogP contribution >= 0.6 is 0 Å². The van der Waals surface area contributed by atoms with Crippen molar-refractivity contribution in [3.05, 3.63) is 30.3 Å². The molecule has 1 aromatic rings. The Morgan fingerprint density at radius 1 is 1.08 bits per heavy atom. The molecule has 1 rings (SSSR count). The van der Waals surface area contributed by atoms with Crippen LogP contribution in [-0.2, 0) is 10.1 Å². The first kappa shape index (κ1) is 14.6. The molecule has 0 aliphatic heterocycles. The molecule has 0 spiro atoms. The number of benzene rings is 1. The molecule has 0 saturated heterocycles. The molecule has 4 nitrogen and oxygen atoms in total. The molecule has 62 valence electrons. The SMILES string of the molecule is O.O=S(=O)([O-])c1ccccc1.[Na+]. The molecule has 0 aliphatic rings. The molecule has 1 aromatic carbocycles. The first-order chi connectivity index (χ1) is 4.61. The summed E-state index contributed by atoms with van der Waals surface area (Å²) in [4.78, 5) is -0.185. The quantitative estimate of drug-likeness (QED) is 0.351. The molecule has 0 aliphatic carbocycles. The molecule has 0 aromatic heterocycles. The van der Waals surface area contributed by atoms with E-state index in [4.69, 9.17) is 0 Å². The molecule has 2 N–H and O–H groups in total. The van der Waals surface area contributed by atoms with Crippen molar-refractivity contribution in [2.45, 2.75) is 4.90 Å². The molecular formula is C6H7NaO4S. The van der Waals surface area contributed by atoms with Gasteiger partial charge in [0.05, 0.1) is 4.90 Å². The summed E-state index contributed by atoms with van der Waals surface area (Å²) in [6.45, 7) is 0. The van der Waals surface area contributed by atoms with E-state index in [0.29, 0.717) is 0 Å². The minimum Gasteiger partial charge on any atom is -0.744 e. The molecular weight excluding hydrogens is 191 g/mol. The fraction of sp³-hybridized carbons (Fsp3) is 0. The van der Waals surface area contributed by atoms with Crippen molar-refractivity contribution < 1.29 is 48.0 Å². The summed E-state index contributed by atoms with van der Waals surface area (Å²) in [5, 5.41) is 0. The third kappa shape index (κ3) is 4.20. The monoisotopic (exact) mass is 198 g/mol. The Kier molecular flexibility index (Phi) is 6.92. The normalized spacial score (nSPS) is 9.42. The van der Waals surface area contributed by atoms with Gasteiger partial charge in [0.15, 0.2) is 0 Å². The molecule has 0 radical (unpaired) electrons. The summed E-state index contributed by atoms with van der Waals surface area (Å²) in [5.41, 5.74) is 0. The Balaban J connectivity index is 0. The average molecular weight is 198 g/mol. The maximum absolute atomic E-state index is 10.3. The standard InChI is InChI=1S/C6H6O3S.Na.H2O/c7-10(8,9)6-4-2-1-3-5-6;;/h1-5H,(H,7,8,9);;1H2/q;+1;/p-1. The van der Waals surface area contributed by atoms with Gasteiger partial charge in [0.2, 0.25) is 0 Å². The Hall–Kier alpha value is 0.0900. The van der Waals surface area contributed by atoms with Crippen LogP contribution in [0, 0.1) is 0 Å². The predicted molar refractivity (Wildman–Crippen MR) is 38.0 cm³/mol. The van der Waals surface area contributed by atoms with Crippen molar-refractivity contribution in [2.24, 2.45) is 0 Å². The van der Waals surface area contributed by atoms with Gasteiger partial charge in [-0.2, -0.15) is 0 Å². The van der Waals surface area contributed by atoms with Gasteiger partial charge in [-0.25, -0.2) is 8.42 Å². The Morgan fingerprint density at radius 3 is 1.75 bits per heavy atom. The maximum Gasteiger partial charge on any atom is 1.00 e. The maximum atomic E-state index is 10.3. The molecule has 0 fully saturated rings. The second kappa shape index (κ2) is 5.69. The minimum absolute atomic E-state index is 0. The molecule has 0 unspecified atom stereocenters. The molecule has 0 saturated carbocycles. The van der Waals surface area contributed by atoms with E-state index >= 15 is 0 Å². The van der Waals surface area contributed by atoms with E-state index in [1.54, 1.807) is 6.07 Å². The zero-order valence-electron chi connectivity index (χ0n) is 6.52. The number of rotatable bonds is 1. The second-order valence-electron chi connectivity index (χ2n) is 1.77. The third-order valence-electron chi connectivity index (χ3n) is 1.03. The Labute approximate surface area is 93.0 Å².